The van der Waals surface area contributed by atoms with Gasteiger partial charge in [0.2, 0.25) is 0 Å². The van der Waals surface area contributed by atoms with Crippen LogP contribution in [0, 0.1) is 0 Å². The Morgan fingerprint density at radius 1 is 1.50 bits per heavy atom. The predicted molar refractivity (Wildman–Crippen MR) is 60.4 cm³/mol. The lowest BCUT2D eigenvalue weighted by Crippen LogP contribution is -2.04. The molecule has 76 valence electrons. The first-order valence-corrected chi connectivity index (χ1v) is 4.76. The van der Waals surface area contributed by atoms with Crippen LogP contribution in [0.2, 0.25) is 0 Å². The summed E-state index contributed by atoms with van der Waals surface area (Å²) in [4.78, 5) is 8.82. The fraction of sp³-hybridized carbons (Fsp3) is 0.455. The fourth-order valence-corrected chi connectivity index (χ4v) is 1.17. The zero-order chi connectivity index (χ0) is 10.7. The molecule has 0 spiro atoms. The minimum atomic E-state index is 0.397. The first kappa shape index (κ1) is 10.7. The molecule has 0 bridgehead atoms. The Morgan fingerprint density at radius 3 is 2.57 bits per heavy atom. The SMILES string of the molecule is C=C(C)c1ncc(C(C)C)nc1NC. The molecule has 1 rings (SSSR count). The van der Waals surface area contributed by atoms with Gasteiger partial charge in [-0.3, -0.25) is 4.98 Å². The van der Waals surface area contributed by atoms with Crippen LogP contribution in [0.15, 0.2) is 12.8 Å². The second kappa shape index (κ2) is 4.22. The number of rotatable bonds is 3. The van der Waals surface area contributed by atoms with E-state index in [4.69, 9.17) is 0 Å². The molecule has 1 aromatic heterocycles. The van der Waals surface area contributed by atoms with E-state index in [-0.39, 0.29) is 0 Å². The molecule has 14 heavy (non-hydrogen) atoms. The number of aromatic nitrogens is 2. The number of hydrogen-bond acceptors (Lipinski definition) is 3. The molecule has 0 aliphatic rings. The summed E-state index contributed by atoms with van der Waals surface area (Å²) in [6, 6.07) is 0. The van der Waals surface area contributed by atoms with Crippen LogP contribution in [0.5, 0.6) is 0 Å². The van der Waals surface area contributed by atoms with E-state index in [0.717, 1.165) is 22.8 Å². The molecule has 3 heteroatoms. The van der Waals surface area contributed by atoms with E-state index >= 15 is 0 Å². The van der Waals surface area contributed by atoms with Gasteiger partial charge in [-0.15, -0.1) is 0 Å². The molecule has 0 saturated heterocycles. The summed E-state index contributed by atoms with van der Waals surface area (Å²) in [5, 5.41) is 3.04. The highest BCUT2D eigenvalue weighted by Crippen LogP contribution is 2.20. The van der Waals surface area contributed by atoms with Gasteiger partial charge in [-0.1, -0.05) is 20.4 Å². The highest BCUT2D eigenvalue weighted by Gasteiger charge is 2.08. The molecule has 0 saturated carbocycles. The summed E-state index contributed by atoms with van der Waals surface area (Å²) in [6.45, 7) is 10.00. The molecule has 0 atom stereocenters. The second-order valence-electron chi connectivity index (χ2n) is 3.68. The van der Waals surface area contributed by atoms with E-state index in [1.165, 1.54) is 0 Å². The van der Waals surface area contributed by atoms with Gasteiger partial charge >= 0.3 is 0 Å². The van der Waals surface area contributed by atoms with Gasteiger partial charge in [0.25, 0.3) is 0 Å². The number of nitrogens with one attached hydrogen (secondary N) is 1. The summed E-state index contributed by atoms with van der Waals surface area (Å²) >= 11 is 0. The highest BCUT2D eigenvalue weighted by molar-refractivity contribution is 5.67. The van der Waals surface area contributed by atoms with E-state index in [1.54, 1.807) is 0 Å². The van der Waals surface area contributed by atoms with Crippen molar-refractivity contribution in [2.24, 2.45) is 0 Å². The lowest BCUT2D eigenvalue weighted by molar-refractivity contribution is 0.812. The van der Waals surface area contributed by atoms with Crippen LogP contribution in [0.4, 0.5) is 5.82 Å². The molecule has 0 radical (unpaired) electrons. The van der Waals surface area contributed by atoms with E-state index < -0.39 is 0 Å². The van der Waals surface area contributed by atoms with Crippen molar-refractivity contribution in [3.8, 4) is 0 Å². The van der Waals surface area contributed by atoms with E-state index in [9.17, 15) is 0 Å². The topological polar surface area (TPSA) is 37.8 Å². The molecular weight excluding hydrogens is 174 g/mol. The minimum absolute atomic E-state index is 0.397. The van der Waals surface area contributed by atoms with Crippen LogP contribution >= 0.6 is 0 Å². The average Bonchev–Trinajstić information content (AvgIpc) is 2.16. The number of nitrogens with zero attached hydrogens (tertiary/aromatic N) is 2. The number of hydrogen-bond donors (Lipinski definition) is 1. The van der Waals surface area contributed by atoms with Gasteiger partial charge in [-0.25, -0.2) is 4.98 Å². The Hall–Kier alpha value is -1.38. The molecular formula is C11H17N3. The second-order valence-corrected chi connectivity index (χ2v) is 3.68. The van der Waals surface area contributed by atoms with Gasteiger partial charge in [0.1, 0.15) is 5.69 Å². The maximum absolute atomic E-state index is 4.48. The van der Waals surface area contributed by atoms with Crippen molar-refractivity contribution in [2.45, 2.75) is 26.7 Å². The molecule has 0 aliphatic heterocycles. The lowest BCUT2D eigenvalue weighted by Gasteiger charge is -2.10. The van der Waals surface area contributed by atoms with E-state index in [1.807, 2.05) is 20.2 Å². The Bertz CT molecular complexity index is 342. The quantitative estimate of drug-likeness (QED) is 0.798. The zero-order valence-electron chi connectivity index (χ0n) is 9.26. The van der Waals surface area contributed by atoms with Crippen molar-refractivity contribution in [3.05, 3.63) is 24.2 Å². The van der Waals surface area contributed by atoms with Gasteiger partial charge in [0.05, 0.1) is 5.69 Å². The van der Waals surface area contributed by atoms with Gasteiger partial charge in [-0.05, 0) is 18.4 Å². The summed E-state index contributed by atoms with van der Waals surface area (Å²) < 4.78 is 0. The van der Waals surface area contributed by atoms with Crippen LogP contribution in [-0.2, 0) is 0 Å². The Morgan fingerprint density at radius 2 is 2.14 bits per heavy atom. The van der Waals surface area contributed by atoms with Crippen molar-refractivity contribution in [2.75, 3.05) is 12.4 Å². The zero-order valence-corrected chi connectivity index (χ0v) is 9.26. The van der Waals surface area contributed by atoms with Crippen molar-refractivity contribution in [1.82, 2.24) is 9.97 Å². The third-order valence-corrected chi connectivity index (χ3v) is 2.02. The van der Waals surface area contributed by atoms with Crippen LogP contribution in [0.25, 0.3) is 5.57 Å². The summed E-state index contributed by atoms with van der Waals surface area (Å²) in [5.74, 6) is 1.21. The molecule has 0 aromatic carbocycles. The maximum Gasteiger partial charge on any atom is 0.152 e. The Kier molecular flexibility index (Phi) is 3.23. The van der Waals surface area contributed by atoms with Crippen LogP contribution in [-0.4, -0.2) is 17.0 Å². The first-order valence-electron chi connectivity index (χ1n) is 4.76. The summed E-state index contributed by atoms with van der Waals surface area (Å²) in [7, 11) is 1.85. The van der Waals surface area contributed by atoms with Crippen molar-refractivity contribution in [1.29, 1.82) is 0 Å². The third kappa shape index (κ3) is 2.10. The number of allylic oxidation sites excluding steroid dienone is 1. The molecule has 1 aromatic rings. The van der Waals surface area contributed by atoms with Gasteiger partial charge in [0.15, 0.2) is 5.82 Å². The smallest absolute Gasteiger partial charge is 0.152 e. The monoisotopic (exact) mass is 191 g/mol. The van der Waals surface area contributed by atoms with E-state index in [2.05, 4.69) is 35.7 Å². The molecule has 1 heterocycles. The summed E-state index contributed by atoms with van der Waals surface area (Å²) in [6.07, 6.45) is 1.82. The van der Waals surface area contributed by atoms with Crippen molar-refractivity contribution in [3.63, 3.8) is 0 Å². The largest absolute Gasteiger partial charge is 0.371 e. The third-order valence-electron chi connectivity index (χ3n) is 2.02. The van der Waals surface area contributed by atoms with Crippen molar-refractivity contribution >= 4 is 11.4 Å². The standard InChI is InChI=1S/C11H17N3/c1-7(2)9-6-13-10(8(3)4)11(12-5)14-9/h6-7H,3H2,1-2,4-5H3,(H,12,14). The molecule has 0 aliphatic carbocycles. The fourth-order valence-electron chi connectivity index (χ4n) is 1.17. The first-order chi connectivity index (χ1) is 6.56. The highest BCUT2D eigenvalue weighted by atomic mass is 15.0. The molecule has 0 amide bonds. The lowest BCUT2D eigenvalue weighted by atomic mass is 10.1. The van der Waals surface area contributed by atoms with Crippen LogP contribution < -0.4 is 5.32 Å². The van der Waals surface area contributed by atoms with Crippen LogP contribution in [0.3, 0.4) is 0 Å². The molecule has 0 fully saturated rings. The van der Waals surface area contributed by atoms with Crippen LogP contribution in [0.1, 0.15) is 38.1 Å². The predicted octanol–water partition coefficient (Wildman–Crippen LogP) is 2.67. The van der Waals surface area contributed by atoms with Gasteiger partial charge in [0, 0.05) is 13.2 Å². The molecule has 3 nitrogen and oxygen atoms in total. The van der Waals surface area contributed by atoms with Gasteiger partial charge < -0.3 is 5.32 Å². The Balaban J connectivity index is 3.18. The molecule has 1 N–H and O–H groups in total. The number of anilines is 1. The molecule has 0 unspecified atom stereocenters. The van der Waals surface area contributed by atoms with Gasteiger partial charge in [-0.2, -0.15) is 0 Å². The van der Waals surface area contributed by atoms with Crippen molar-refractivity contribution < 1.29 is 0 Å². The Labute approximate surface area is 85.3 Å². The van der Waals surface area contributed by atoms with E-state index in [0.29, 0.717) is 5.92 Å². The minimum Gasteiger partial charge on any atom is -0.371 e. The summed E-state index contributed by atoms with van der Waals surface area (Å²) in [5.41, 5.74) is 2.77. The average molecular weight is 191 g/mol. The maximum atomic E-state index is 4.48. The normalized spacial score (nSPS) is 10.4.